The van der Waals surface area contributed by atoms with Crippen molar-refractivity contribution in [1.29, 1.82) is 0 Å². The summed E-state index contributed by atoms with van der Waals surface area (Å²) >= 11 is 0. The quantitative estimate of drug-likeness (QED) is 0.784. The lowest BCUT2D eigenvalue weighted by molar-refractivity contribution is 0.114. The number of hydrogen-bond donors (Lipinski definition) is 2. The molecule has 2 aromatic rings. The lowest BCUT2D eigenvalue weighted by Gasteiger charge is -2.37. The number of nitrogens with two attached hydrogens (primary N) is 1. The molecule has 1 saturated carbocycles. The third kappa shape index (κ3) is 3.99. The monoisotopic (exact) mass is 328 g/mol. The van der Waals surface area contributed by atoms with Crippen LogP contribution in [0.25, 0.3) is 10.8 Å². The first-order chi connectivity index (χ1) is 11.6. The van der Waals surface area contributed by atoms with Crippen LogP contribution in [0.4, 0.5) is 0 Å². The number of ether oxygens (including phenoxy) is 1. The van der Waals surface area contributed by atoms with E-state index in [1.165, 1.54) is 19.3 Å². The fourth-order valence-electron chi connectivity index (χ4n) is 3.70. The van der Waals surface area contributed by atoms with E-state index in [0.717, 1.165) is 43.2 Å². The van der Waals surface area contributed by atoms with Gasteiger partial charge in [0, 0.05) is 17.1 Å². The number of H-pyrrole nitrogens is 1. The molecule has 1 aromatic heterocycles. The maximum atomic E-state index is 11.7. The van der Waals surface area contributed by atoms with Gasteiger partial charge in [0.1, 0.15) is 5.75 Å². The Kier molecular flexibility index (Phi) is 5.24. The van der Waals surface area contributed by atoms with Gasteiger partial charge in [-0.25, -0.2) is 0 Å². The highest BCUT2D eigenvalue weighted by atomic mass is 16.5. The third-order valence-corrected chi connectivity index (χ3v) is 5.25. The number of pyridine rings is 1. The Morgan fingerprint density at radius 3 is 2.79 bits per heavy atom. The molecular formula is C20H28N2O2. The number of benzene rings is 1. The van der Waals surface area contributed by atoms with Gasteiger partial charge in [0.15, 0.2) is 0 Å². The molecule has 0 aliphatic heterocycles. The van der Waals surface area contributed by atoms with Crippen LogP contribution >= 0.6 is 0 Å². The van der Waals surface area contributed by atoms with E-state index in [-0.39, 0.29) is 17.2 Å². The van der Waals surface area contributed by atoms with Gasteiger partial charge in [-0.2, -0.15) is 0 Å². The molecule has 1 aliphatic carbocycles. The second-order valence-electron chi connectivity index (χ2n) is 7.19. The van der Waals surface area contributed by atoms with Crippen molar-refractivity contribution in [1.82, 2.24) is 4.98 Å². The van der Waals surface area contributed by atoms with Gasteiger partial charge >= 0.3 is 0 Å². The zero-order chi connectivity index (χ0) is 17.0. The van der Waals surface area contributed by atoms with Crippen molar-refractivity contribution < 1.29 is 4.74 Å². The largest absolute Gasteiger partial charge is 0.490 e. The zero-order valence-corrected chi connectivity index (χ0v) is 14.5. The summed E-state index contributed by atoms with van der Waals surface area (Å²) in [6.45, 7) is 2.23. The van der Waals surface area contributed by atoms with Crippen LogP contribution < -0.4 is 16.0 Å². The highest BCUT2D eigenvalue weighted by Gasteiger charge is 2.31. The molecule has 24 heavy (non-hydrogen) atoms. The predicted octanol–water partition coefficient (Wildman–Crippen LogP) is 4.13. The van der Waals surface area contributed by atoms with Crippen molar-refractivity contribution in [3.8, 4) is 5.75 Å². The number of nitrogens with one attached hydrogen (secondary N) is 1. The molecule has 0 radical (unpaired) electrons. The topological polar surface area (TPSA) is 68.1 Å². The van der Waals surface area contributed by atoms with Gasteiger partial charge in [0.05, 0.1) is 6.10 Å². The van der Waals surface area contributed by atoms with Gasteiger partial charge in [-0.15, -0.1) is 0 Å². The molecule has 3 N–H and O–H groups in total. The maximum Gasteiger partial charge on any atom is 0.255 e. The predicted molar refractivity (Wildman–Crippen MR) is 98.5 cm³/mol. The van der Waals surface area contributed by atoms with Gasteiger partial charge < -0.3 is 15.5 Å². The fraction of sp³-hybridized carbons (Fsp3) is 0.550. The number of aromatic nitrogens is 1. The Hall–Kier alpha value is -1.81. The van der Waals surface area contributed by atoms with Crippen LogP contribution in [-0.2, 0) is 0 Å². The van der Waals surface area contributed by atoms with Crippen molar-refractivity contribution in [2.75, 3.05) is 0 Å². The number of unbranched alkanes of at least 4 members (excludes halogenated alkanes) is 2. The van der Waals surface area contributed by atoms with Crippen LogP contribution in [-0.4, -0.2) is 16.6 Å². The summed E-state index contributed by atoms with van der Waals surface area (Å²) in [4.78, 5) is 14.4. The number of aromatic amines is 1. The van der Waals surface area contributed by atoms with Crippen molar-refractivity contribution in [3.63, 3.8) is 0 Å². The van der Waals surface area contributed by atoms with Crippen LogP contribution in [0.3, 0.4) is 0 Å². The normalized spacial score (nSPS) is 24.2. The van der Waals surface area contributed by atoms with E-state index in [4.69, 9.17) is 10.5 Å². The van der Waals surface area contributed by atoms with Crippen LogP contribution in [0.1, 0.15) is 58.3 Å². The highest BCUT2D eigenvalue weighted by molar-refractivity contribution is 5.82. The molecule has 3 rings (SSSR count). The van der Waals surface area contributed by atoms with Crippen LogP contribution in [0.2, 0.25) is 0 Å². The van der Waals surface area contributed by atoms with Crippen molar-refractivity contribution in [3.05, 3.63) is 40.8 Å². The standard InChI is InChI=1S/C20H28N2O2/c1-2-3-4-10-20(21)11-7-16(8-12-20)24-17-5-6-18-15(14-17)9-13-22-19(18)23/h5-6,9,13-14,16H,2-4,7-8,10-12,21H2,1H3,(H,22,23). The molecular weight excluding hydrogens is 300 g/mol. The first-order valence-corrected chi connectivity index (χ1v) is 9.17. The first-order valence-electron chi connectivity index (χ1n) is 9.17. The van der Waals surface area contributed by atoms with Crippen LogP contribution in [0.15, 0.2) is 35.3 Å². The summed E-state index contributed by atoms with van der Waals surface area (Å²) in [6, 6.07) is 7.59. The Balaban J connectivity index is 1.59. The minimum absolute atomic E-state index is 0.00566. The molecule has 4 nitrogen and oxygen atoms in total. The number of hydrogen-bond acceptors (Lipinski definition) is 3. The van der Waals surface area contributed by atoms with E-state index in [0.29, 0.717) is 5.39 Å². The molecule has 0 spiro atoms. The Morgan fingerprint density at radius 2 is 2.04 bits per heavy atom. The molecule has 1 aromatic carbocycles. The van der Waals surface area contributed by atoms with Crippen molar-refractivity contribution in [2.24, 2.45) is 5.73 Å². The summed E-state index contributed by atoms with van der Waals surface area (Å²) in [6.07, 6.45) is 10.9. The molecule has 0 amide bonds. The fourth-order valence-corrected chi connectivity index (χ4v) is 3.70. The van der Waals surface area contributed by atoms with Crippen molar-refractivity contribution in [2.45, 2.75) is 69.9 Å². The Morgan fingerprint density at radius 1 is 1.25 bits per heavy atom. The summed E-state index contributed by atoms with van der Waals surface area (Å²) in [5, 5.41) is 1.62. The Bertz CT molecular complexity index is 730. The summed E-state index contributed by atoms with van der Waals surface area (Å²) in [7, 11) is 0. The molecule has 0 saturated heterocycles. The molecule has 0 unspecified atom stereocenters. The lowest BCUT2D eigenvalue weighted by atomic mass is 9.78. The third-order valence-electron chi connectivity index (χ3n) is 5.25. The van der Waals surface area contributed by atoms with E-state index in [1.54, 1.807) is 6.20 Å². The van der Waals surface area contributed by atoms with Gasteiger partial charge in [0.25, 0.3) is 5.56 Å². The van der Waals surface area contributed by atoms with Crippen LogP contribution in [0.5, 0.6) is 5.75 Å². The van der Waals surface area contributed by atoms with Gasteiger partial charge in [0.2, 0.25) is 0 Å². The zero-order valence-electron chi connectivity index (χ0n) is 14.5. The molecule has 0 atom stereocenters. The Labute approximate surface area is 143 Å². The van der Waals surface area contributed by atoms with Gasteiger partial charge in [-0.1, -0.05) is 26.2 Å². The molecule has 130 valence electrons. The average Bonchev–Trinajstić information content (AvgIpc) is 2.58. The minimum atomic E-state index is -0.0586. The van der Waals surface area contributed by atoms with Crippen LogP contribution in [0, 0.1) is 0 Å². The second-order valence-corrected chi connectivity index (χ2v) is 7.19. The van der Waals surface area contributed by atoms with E-state index in [9.17, 15) is 4.79 Å². The molecule has 1 aliphatic rings. The summed E-state index contributed by atoms with van der Waals surface area (Å²) in [5.74, 6) is 0.841. The van der Waals surface area contributed by atoms with E-state index in [1.807, 2.05) is 24.3 Å². The molecule has 1 fully saturated rings. The molecule has 4 heteroatoms. The van der Waals surface area contributed by atoms with Gasteiger partial charge in [-0.3, -0.25) is 4.79 Å². The average molecular weight is 328 g/mol. The maximum absolute atomic E-state index is 11.7. The van der Waals surface area contributed by atoms with Gasteiger partial charge in [-0.05, 0) is 61.8 Å². The molecule has 0 bridgehead atoms. The SMILES string of the molecule is CCCCCC1(N)CCC(Oc2ccc3c(=O)[nH]ccc3c2)CC1. The highest BCUT2D eigenvalue weighted by Crippen LogP contribution is 2.33. The van der Waals surface area contributed by atoms with E-state index < -0.39 is 0 Å². The minimum Gasteiger partial charge on any atom is -0.490 e. The lowest BCUT2D eigenvalue weighted by Crippen LogP contribution is -2.45. The number of rotatable bonds is 6. The van der Waals surface area contributed by atoms with E-state index >= 15 is 0 Å². The summed E-state index contributed by atoms with van der Waals surface area (Å²) < 4.78 is 6.15. The summed E-state index contributed by atoms with van der Waals surface area (Å²) in [5.41, 5.74) is 6.50. The first kappa shape index (κ1) is 17.0. The molecule has 1 heterocycles. The second kappa shape index (κ2) is 7.39. The van der Waals surface area contributed by atoms with Crippen molar-refractivity contribution >= 4 is 10.8 Å². The smallest absolute Gasteiger partial charge is 0.255 e. The number of fused-ring (bicyclic) bond motifs is 1. The van der Waals surface area contributed by atoms with E-state index in [2.05, 4.69) is 11.9 Å².